The van der Waals surface area contributed by atoms with Crippen molar-refractivity contribution in [1.29, 1.82) is 0 Å². The van der Waals surface area contributed by atoms with E-state index in [0.717, 1.165) is 5.52 Å². The van der Waals surface area contributed by atoms with Gasteiger partial charge in [-0.1, -0.05) is 12.1 Å². The summed E-state index contributed by atoms with van der Waals surface area (Å²) in [6, 6.07) is 10.1. The van der Waals surface area contributed by atoms with Crippen LogP contribution in [0.15, 0.2) is 55.1 Å². The van der Waals surface area contributed by atoms with Crippen molar-refractivity contribution in [3.8, 4) is 0 Å². The van der Waals surface area contributed by atoms with Crippen molar-refractivity contribution in [3.05, 3.63) is 66.2 Å². The van der Waals surface area contributed by atoms with Gasteiger partial charge in [0, 0.05) is 11.8 Å². The lowest BCUT2D eigenvalue weighted by Crippen LogP contribution is -2.15. The minimum atomic E-state index is -0.498. The van der Waals surface area contributed by atoms with Crippen LogP contribution >= 0.6 is 0 Å². The number of fused-ring (bicyclic) bond motifs is 1. The van der Waals surface area contributed by atoms with E-state index in [-0.39, 0.29) is 5.91 Å². The Morgan fingerprint density at radius 1 is 1.23 bits per heavy atom. The minimum Gasteiger partial charge on any atom is -0.465 e. The van der Waals surface area contributed by atoms with Gasteiger partial charge in [0.05, 0.1) is 36.4 Å². The molecule has 1 N–H and O–H groups in total. The number of nitrogens with zero attached hydrogens (tertiary/aromatic N) is 2. The summed E-state index contributed by atoms with van der Waals surface area (Å²) >= 11 is 0. The monoisotopic (exact) mass is 295 g/mol. The zero-order valence-electron chi connectivity index (χ0n) is 11.8. The number of aromatic nitrogens is 2. The van der Waals surface area contributed by atoms with Gasteiger partial charge in [-0.25, -0.2) is 9.78 Å². The molecule has 3 aromatic rings. The second kappa shape index (κ2) is 5.69. The largest absolute Gasteiger partial charge is 0.465 e. The van der Waals surface area contributed by atoms with Crippen LogP contribution in [0.1, 0.15) is 20.7 Å². The number of rotatable bonds is 3. The van der Waals surface area contributed by atoms with Crippen molar-refractivity contribution in [1.82, 2.24) is 9.38 Å². The SMILES string of the molecule is COC(=O)c1ccccc1NC(=O)c1ccn2cncc2c1. The average Bonchev–Trinajstić information content (AvgIpc) is 3.02. The highest BCUT2D eigenvalue weighted by atomic mass is 16.5. The summed E-state index contributed by atoms with van der Waals surface area (Å²) in [5, 5.41) is 2.73. The summed E-state index contributed by atoms with van der Waals surface area (Å²) in [5.74, 6) is -0.804. The molecular formula is C16H13N3O3. The van der Waals surface area contributed by atoms with Gasteiger partial charge in [-0.05, 0) is 24.3 Å². The van der Waals surface area contributed by atoms with Crippen LogP contribution in [-0.2, 0) is 4.74 Å². The third kappa shape index (κ3) is 2.54. The number of nitrogens with one attached hydrogen (secondary N) is 1. The van der Waals surface area contributed by atoms with Crippen LogP contribution < -0.4 is 5.32 Å². The Bertz CT molecular complexity index is 854. The molecule has 0 saturated carbocycles. The summed E-state index contributed by atoms with van der Waals surface area (Å²) in [5.41, 5.74) is 2.01. The molecule has 0 saturated heterocycles. The standard InChI is InChI=1S/C16H13N3O3/c1-22-16(21)13-4-2-3-5-14(13)18-15(20)11-6-7-19-10-17-9-12(19)8-11/h2-10H,1H3,(H,18,20). The van der Waals surface area contributed by atoms with Gasteiger partial charge in [-0.3, -0.25) is 4.79 Å². The van der Waals surface area contributed by atoms with E-state index in [4.69, 9.17) is 4.74 Å². The number of carbonyl (C=O) groups excluding carboxylic acids is 2. The first kappa shape index (κ1) is 13.8. The Labute approximate surface area is 126 Å². The summed E-state index contributed by atoms with van der Waals surface area (Å²) in [7, 11) is 1.30. The van der Waals surface area contributed by atoms with E-state index >= 15 is 0 Å². The highest BCUT2D eigenvalue weighted by Crippen LogP contribution is 2.17. The van der Waals surface area contributed by atoms with Crippen LogP contribution in [0.2, 0.25) is 0 Å². The van der Waals surface area contributed by atoms with Gasteiger partial charge in [0.1, 0.15) is 0 Å². The van der Waals surface area contributed by atoms with Crippen LogP contribution in [0.4, 0.5) is 5.69 Å². The smallest absolute Gasteiger partial charge is 0.339 e. The maximum atomic E-state index is 12.3. The molecule has 0 atom stereocenters. The number of hydrogen-bond acceptors (Lipinski definition) is 4. The van der Waals surface area contributed by atoms with E-state index in [1.54, 1.807) is 59.5 Å². The molecule has 1 aromatic carbocycles. The fourth-order valence-corrected chi connectivity index (χ4v) is 2.14. The van der Waals surface area contributed by atoms with Crippen molar-refractivity contribution in [2.75, 3.05) is 12.4 Å². The van der Waals surface area contributed by atoms with Crippen LogP contribution in [0.3, 0.4) is 0 Å². The van der Waals surface area contributed by atoms with E-state index in [1.165, 1.54) is 7.11 Å². The molecule has 1 amide bonds. The zero-order valence-corrected chi connectivity index (χ0v) is 11.8. The number of benzene rings is 1. The van der Waals surface area contributed by atoms with E-state index in [2.05, 4.69) is 10.3 Å². The lowest BCUT2D eigenvalue weighted by atomic mass is 10.1. The maximum Gasteiger partial charge on any atom is 0.339 e. The van der Waals surface area contributed by atoms with Crippen LogP contribution in [0.5, 0.6) is 0 Å². The number of carbonyl (C=O) groups is 2. The van der Waals surface area contributed by atoms with Gasteiger partial charge in [0.15, 0.2) is 0 Å². The summed E-state index contributed by atoms with van der Waals surface area (Å²) in [4.78, 5) is 28.1. The minimum absolute atomic E-state index is 0.306. The molecule has 0 spiro atoms. The first-order chi connectivity index (χ1) is 10.7. The average molecular weight is 295 g/mol. The molecule has 0 fully saturated rings. The second-order valence-electron chi connectivity index (χ2n) is 4.63. The first-order valence-corrected chi connectivity index (χ1v) is 6.59. The number of ether oxygens (including phenoxy) is 1. The number of imidazole rings is 1. The predicted molar refractivity (Wildman–Crippen MR) is 80.9 cm³/mol. The molecule has 0 aliphatic rings. The zero-order chi connectivity index (χ0) is 15.5. The van der Waals surface area contributed by atoms with Crippen LogP contribution in [0.25, 0.3) is 5.52 Å². The Hall–Kier alpha value is -3.15. The van der Waals surface area contributed by atoms with Gasteiger partial charge in [-0.15, -0.1) is 0 Å². The van der Waals surface area contributed by atoms with Gasteiger partial charge in [-0.2, -0.15) is 0 Å². The lowest BCUT2D eigenvalue weighted by molar-refractivity contribution is 0.0602. The highest BCUT2D eigenvalue weighted by Gasteiger charge is 2.14. The Morgan fingerprint density at radius 2 is 2.05 bits per heavy atom. The maximum absolute atomic E-state index is 12.3. The van der Waals surface area contributed by atoms with Gasteiger partial charge in [0.2, 0.25) is 0 Å². The number of hydrogen-bond donors (Lipinski definition) is 1. The first-order valence-electron chi connectivity index (χ1n) is 6.59. The summed E-state index contributed by atoms with van der Waals surface area (Å²) < 4.78 is 6.51. The molecule has 0 bridgehead atoms. The highest BCUT2D eigenvalue weighted by molar-refractivity contribution is 6.08. The van der Waals surface area contributed by atoms with Crippen LogP contribution in [-0.4, -0.2) is 28.4 Å². The number of amides is 1. The fourth-order valence-electron chi connectivity index (χ4n) is 2.14. The number of esters is 1. The summed E-state index contributed by atoms with van der Waals surface area (Å²) in [6.07, 6.45) is 5.08. The van der Waals surface area contributed by atoms with E-state index in [9.17, 15) is 9.59 Å². The lowest BCUT2D eigenvalue weighted by Gasteiger charge is -2.09. The quantitative estimate of drug-likeness (QED) is 0.753. The molecule has 6 nitrogen and oxygen atoms in total. The molecule has 3 rings (SSSR count). The molecule has 2 heterocycles. The number of anilines is 1. The number of methoxy groups -OCH3 is 1. The topological polar surface area (TPSA) is 72.7 Å². The Kier molecular flexibility index (Phi) is 3.57. The van der Waals surface area contributed by atoms with E-state index in [1.807, 2.05) is 0 Å². The third-order valence-electron chi connectivity index (χ3n) is 3.26. The van der Waals surface area contributed by atoms with Crippen molar-refractivity contribution >= 4 is 23.1 Å². The molecule has 110 valence electrons. The number of para-hydroxylation sites is 1. The Morgan fingerprint density at radius 3 is 2.86 bits per heavy atom. The van der Waals surface area contributed by atoms with Gasteiger partial charge >= 0.3 is 5.97 Å². The van der Waals surface area contributed by atoms with Crippen LogP contribution in [0, 0.1) is 0 Å². The Balaban J connectivity index is 1.89. The normalized spacial score (nSPS) is 10.4. The van der Waals surface area contributed by atoms with E-state index in [0.29, 0.717) is 16.8 Å². The number of pyridine rings is 1. The molecule has 22 heavy (non-hydrogen) atoms. The van der Waals surface area contributed by atoms with Gasteiger partial charge in [0.25, 0.3) is 5.91 Å². The van der Waals surface area contributed by atoms with Crippen molar-refractivity contribution in [2.45, 2.75) is 0 Å². The predicted octanol–water partition coefficient (Wildman–Crippen LogP) is 2.37. The molecule has 0 aliphatic heterocycles. The van der Waals surface area contributed by atoms with Crippen molar-refractivity contribution in [3.63, 3.8) is 0 Å². The third-order valence-corrected chi connectivity index (χ3v) is 3.26. The van der Waals surface area contributed by atoms with Gasteiger partial charge < -0.3 is 14.5 Å². The molecule has 6 heteroatoms. The molecule has 2 aromatic heterocycles. The molecule has 0 radical (unpaired) electrons. The molecule has 0 aliphatic carbocycles. The van der Waals surface area contributed by atoms with Crippen molar-refractivity contribution in [2.24, 2.45) is 0 Å². The molecular weight excluding hydrogens is 282 g/mol. The van der Waals surface area contributed by atoms with E-state index < -0.39 is 5.97 Å². The fraction of sp³-hybridized carbons (Fsp3) is 0.0625. The second-order valence-corrected chi connectivity index (χ2v) is 4.63. The summed E-state index contributed by atoms with van der Waals surface area (Å²) in [6.45, 7) is 0. The molecule has 0 unspecified atom stereocenters. The van der Waals surface area contributed by atoms with Crippen molar-refractivity contribution < 1.29 is 14.3 Å².